The molecule has 58 valence electrons. The molecule has 2 rings (SSSR count). The van der Waals surface area contributed by atoms with Crippen LogP contribution >= 0.6 is 0 Å². The maximum Gasteiger partial charge on any atom is 0.171 e. The average Bonchev–Trinajstić information content (AvgIpc) is 2.04. The van der Waals surface area contributed by atoms with Crippen LogP contribution in [-0.4, -0.2) is 30.9 Å². The van der Waals surface area contributed by atoms with Crippen molar-refractivity contribution >= 4 is 12.1 Å². The Hall–Kier alpha value is -1.16. The van der Waals surface area contributed by atoms with Gasteiger partial charge in [0.25, 0.3) is 0 Å². The number of fused-ring (bicyclic) bond motifs is 1. The van der Waals surface area contributed by atoms with Gasteiger partial charge in [0.2, 0.25) is 0 Å². The van der Waals surface area contributed by atoms with E-state index >= 15 is 0 Å². The molecule has 11 heavy (non-hydrogen) atoms. The van der Waals surface area contributed by atoms with E-state index in [2.05, 4.69) is 9.98 Å². The van der Waals surface area contributed by atoms with Crippen molar-refractivity contribution in [1.82, 2.24) is 0 Å². The van der Waals surface area contributed by atoms with Crippen LogP contribution in [0.25, 0.3) is 0 Å². The van der Waals surface area contributed by atoms with Gasteiger partial charge in [0, 0.05) is 6.21 Å². The van der Waals surface area contributed by atoms with Crippen molar-refractivity contribution in [1.29, 1.82) is 0 Å². The van der Waals surface area contributed by atoms with Gasteiger partial charge in [0.1, 0.15) is 18.5 Å². The van der Waals surface area contributed by atoms with Gasteiger partial charge in [-0.15, -0.1) is 0 Å². The largest absolute Gasteiger partial charge is 0.385 e. The van der Waals surface area contributed by atoms with Crippen molar-refractivity contribution in [2.24, 2.45) is 15.7 Å². The van der Waals surface area contributed by atoms with Crippen molar-refractivity contribution in [3.05, 3.63) is 12.2 Å². The van der Waals surface area contributed by atoms with Gasteiger partial charge in [0.15, 0.2) is 6.17 Å². The van der Waals surface area contributed by atoms with E-state index in [9.17, 15) is 0 Å². The minimum atomic E-state index is -0.145. The van der Waals surface area contributed by atoms with E-state index in [0.717, 1.165) is 0 Å². The lowest BCUT2D eigenvalue weighted by molar-refractivity contribution is 0.0870. The van der Waals surface area contributed by atoms with E-state index in [1.807, 2.05) is 12.2 Å². The third-order valence-electron chi connectivity index (χ3n) is 1.64. The molecule has 0 bridgehead atoms. The van der Waals surface area contributed by atoms with E-state index in [-0.39, 0.29) is 12.3 Å². The molecule has 4 heteroatoms. The summed E-state index contributed by atoms with van der Waals surface area (Å²) in [4.78, 5) is 8.22. The molecule has 0 saturated carbocycles. The SMILES string of the molecule is NC1=NC2N=CC=CC2OC1. The molecule has 2 aliphatic rings. The molecular weight excluding hydrogens is 142 g/mol. The molecule has 0 aromatic carbocycles. The Morgan fingerprint density at radius 1 is 1.64 bits per heavy atom. The molecular formula is C7H9N3O. The minimum Gasteiger partial charge on any atom is -0.385 e. The fourth-order valence-corrected chi connectivity index (χ4v) is 1.12. The molecule has 0 radical (unpaired) electrons. The number of nitrogens with zero attached hydrogens (tertiary/aromatic N) is 2. The molecule has 0 amide bonds. The smallest absolute Gasteiger partial charge is 0.171 e. The lowest BCUT2D eigenvalue weighted by Gasteiger charge is -2.24. The van der Waals surface area contributed by atoms with Gasteiger partial charge in [-0.05, 0) is 6.08 Å². The van der Waals surface area contributed by atoms with Crippen molar-refractivity contribution in [3.8, 4) is 0 Å². The molecule has 0 aliphatic carbocycles. The highest BCUT2D eigenvalue weighted by atomic mass is 16.5. The van der Waals surface area contributed by atoms with Gasteiger partial charge in [-0.25, -0.2) is 4.99 Å². The van der Waals surface area contributed by atoms with Crippen molar-refractivity contribution < 1.29 is 4.74 Å². The molecule has 2 aliphatic heterocycles. The van der Waals surface area contributed by atoms with Gasteiger partial charge in [0.05, 0.1) is 0 Å². The van der Waals surface area contributed by atoms with E-state index in [1.165, 1.54) is 0 Å². The Balaban J connectivity index is 2.22. The first-order valence-corrected chi connectivity index (χ1v) is 3.50. The Morgan fingerprint density at radius 3 is 3.45 bits per heavy atom. The van der Waals surface area contributed by atoms with Crippen LogP contribution < -0.4 is 5.73 Å². The summed E-state index contributed by atoms with van der Waals surface area (Å²) in [5.41, 5.74) is 5.47. The number of hydrogen-bond acceptors (Lipinski definition) is 4. The van der Waals surface area contributed by atoms with Crippen LogP contribution in [0.4, 0.5) is 0 Å². The van der Waals surface area contributed by atoms with Crippen LogP contribution in [0.2, 0.25) is 0 Å². The van der Waals surface area contributed by atoms with Gasteiger partial charge in [-0.1, -0.05) is 6.08 Å². The second-order valence-electron chi connectivity index (χ2n) is 2.49. The fourth-order valence-electron chi connectivity index (χ4n) is 1.12. The monoisotopic (exact) mass is 151 g/mol. The van der Waals surface area contributed by atoms with Crippen molar-refractivity contribution in [2.45, 2.75) is 12.3 Å². The number of hydrogen-bond donors (Lipinski definition) is 1. The lowest BCUT2D eigenvalue weighted by atomic mass is 10.2. The first-order chi connectivity index (χ1) is 5.36. The summed E-state index contributed by atoms with van der Waals surface area (Å²) in [6.07, 6.45) is 5.36. The van der Waals surface area contributed by atoms with E-state index < -0.39 is 0 Å². The summed E-state index contributed by atoms with van der Waals surface area (Å²) in [6.45, 7) is 0.418. The van der Waals surface area contributed by atoms with Crippen molar-refractivity contribution in [3.63, 3.8) is 0 Å². The normalized spacial score (nSPS) is 34.7. The zero-order valence-corrected chi connectivity index (χ0v) is 5.97. The number of rotatable bonds is 0. The van der Waals surface area contributed by atoms with Crippen LogP contribution in [0.15, 0.2) is 22.1 Å². The number of ether oxygens (including phenoxy) is 1. The summed E-state index contributed by atoms with van der Waals surface area (Å²) >= 11 is 0. The van der Waals surface area contributed by atoms with E-state index in [4.69, 9.17) is 10.5 Å². The van der Waals surface area contributed by atoms with Crippen LogP contribution in [0.3, 0.4) is 0 Å². The van der Waals surface area contributed by atoms with Gasteiger partial charge >= 0.3 is 0 Å². The third kappa shape index (κ3) is 1.17. The Morgan fingerprint density at radius 2 is 2.55 bits per heavy atom. The van der Waals surface area contributed by atoms with E-state index in [1.54, 1.807) is 6.21 Å². The first kappa shape index (κ1) is 6.54. The number of dihydropyridines is 1. The summed E-state index contributed by atoms with van der Waals surface area (Å²) in [5, 5.41) is 0. The molecule has 2 N–H and O–H groups in total. The second kappa shape index (κ2) is 2.47. The Labute approximate surface area is 64.5 Å². The van der Waals surface area contributed by atoms with Crippen molar-refractivity contribution in [2.75, 3.05) is 6.61 Å². The fraction of sp³-hybridized carbons (Fsp3) is 0.429. The number of aliphatic imine (C=N–C) groups is 2. The molecule has 2 unspecified atom stereocenters. The highest BCUT2D eigenvalue weighted by Gasteiger charge is 2.23. The first-order valence-electron chi connectivity index (χ1n) is 3.50. The topological polar surface area (TPSA) is 60.0 Å². The minimum absolute atomic E-state index is 0.00713. The third-order valence-corrected chi connectivity index (χ3v) is 1.64. The number of allylic oxidation sites excluding steroid dienone is 1. The highest BCUT2D eigenvalue weighted by Crippen LogP contribution is 2.13. The maximum atomic E-state index is 5.47. The quantitative estimate of drug-likeness (QED) is 0.517. The Bertz CT molecular complexity index is 244. The van der Waals surface area contributed by atoms with Gasteiger partial charge in [-0.3, -0.25) is 4.99 Å². The summed E-state index contributed by atoms with van der Waals surface area (Å²) in [6, 6.07) is 0. The maximum absolute atomic E-state index is 5.47. The zero-order chi connectivity index (χ0) is 7.68. The summed E-state index contributed by atoms with van der Waals surface area (Å²) in [7, 11) is 0. The van der Waals surface area contributed by atoms with E-state index in [0.29, 0.717) is 12.4 Å². The summed E-state index contributed by atoms with van der Waals surface area (Å²) < 4.78 is 5.34. The standard InChI is InChI=1S/C7H9N3O/c8-6-4-11-5-2-1-3-9-7(5)10-6/h1-3,5,7H,4H2,(H2,8,10). The predicted octanol–water partition coefficient (Wildman–Crippen LogP) is -0.291. The van der Waals surface area contributed by atoms with Crippen LogP contribution in [0.1, 0.15) is 0 Å². The molecule has 0 aromatic heterocycles. The lowest BCUT2D eigenvalue weighted by Crippen LogP contribution is -2.37. The molecule has 0 aromatic rings. The average molecular weight is 151 g/mol. The molecule has 0 spiro atoms. The van der Waals surface area contributed by atoms with Crippen LogP contribution in [-0.2, 0) is 4.74 Å². The molecule has 0 fully saturated rings. The number of amidine groups is 1. The van der Waals surface area contributed by atoms with Gasteiger partial charge < -0.3 is 10.5 Å². The van der Waals surface area contributed by atoms with Crippen LogP contribution in [0, 0.1) is 0 Å². The molecule has 2 atom stereocenters. The predicted molar refractivity (Wildman–Crippen MR) is 42.8 cm³/mol. The molecule has 2 heterocycles. The van der Waals surface area contributed by atoms with Crippen LogP contribution in [0.5, 0.6) is 0 Å². The second-order valence-corrected chi connectivity index (χ2v) is 2.49. The molecule has 0 saturated heterocycles. The van der Waals surface area contributed by atoms with Gasteiger partial charge in [-0.2, -0.15) is 0 Å². The Kier molecular flexibility index (Phi) is 1.47. The number of nitrogens with two attached hydrogens (primary N) is 1. The highest BCUT2D eigenvalue weighted by molar-refractivity contribution is 5.83. The summed E-state index contributed by atoms with van der Waals surface area (Å²) in [5.74, 6) is 0.527. The molecule has 4 nitrogen and oxygen atoms in total. The zero-order valence-electron chi connectivity index (χ0n) is 5.97.